The van der Waals surface area contributed by atoms with E-state index < -0.39 is 5.97 Å². The largest absolute Gasteiger partial charge is 0.508 e. The van der Waals surface area contributed by atoms with Gasteiger partial charge in [0.25, 0.3) is 0 Å². The van der Waals surface area contributed by atoms with Gasteiger partial charge in [0, 0.05) is 19.5 Å². The second kappa shape index (κ2) is 8.79. The van der Waals surface area contributed by atoms with Crippen molar-refractivity contribution in [3.8, 4) is 5.75 Å². The van der Waals surface area contributed by atoms with E-state index in [4.69, 9.17) is 10.2 Å². The van der Waals surface area contributed by atoms with Crippen LogP contribution in [0.4, 0.5) is 4.79 Å². The van der Waals surface area contributed by atoms with E-state index in [0.29, 0.717) is 19.5 Å². The Morgan fingerprint density at radius 3 is 2.20 bits per heavy atom. The third-order valence-electron chi connectivity index (χ3n) is 2.72. The molecule has 0 atom stereocenters. The summed E-state index contributed by atoms with van der Waals surface area (Å²) in [5.74, 6) is -0.617. The van der Waals surface area contributed by atoms with Crippen molar-refractivity contribution in [2.45, 2.75) is 25.7 Å². The van der Waals surface area contributed by atoms with Crippen molar-refractivity contribution in [3.05, 3.63) is 29.8 Å². The summed E-state index contributed by atoms with van der Waals surface area (Å²) in [7, 11) is 0. The molecule has 110 valence electrons. The standard InChI is InChI=1S/C14H20N2O4/c17-12-7-5-11(6-8-12)3-1-9-15-14(20)16-10-2-4-13(18)19/h5-8,17H,1-4,9-10H2,(H,18,19)(H2,15,16,20). The van der Waals surface area contributed by atoms with Gasteiger partial charge in [-0.05, 0) is 37.0 Å². The number of rotatable bonds is 8. The molecule has 1 aromatic rings. The van der Waals surface area contributed by atoms with Crippen LogP contribution in [-0.4, -0.2) is 35.3 Å². The molecule has 0 bridgehead atoms. The van der Waals surface area contributed by atoms with E-state index in [1.807, 2.05) is 12.1 Å². The number of carbonyl (C=O) groups excluding carboxylic acids is 1. The summed E-state index contributed by atoms with van der Waals surface area (Å²) in [6, 6.07) is 6.69. The molecular formula is C14H20N2O4. The lowest BCUT2D eigenvalue weighted by atomic mass is 10.1. The van der Waals surface area contributed by atoms with E-state index >= 15 is 0 Å². The van der Waals surface area contributed by atoms with Crippen LogP contribution >= 0.6 is 0 Å². The number of nitrogens with one attached hydrogen (secondary N) is 2. The molecule has 0 spiro atoms. The molecule has 0 aliphatic rings. The number of urea groups is 1. The van der Waals surface area contributed by atoms with E-state index in [9.17, 15) is 9.59 Å². The van der Waals surface area contributed by atoms with E-state index in [0.717, 1.165) is 18.4 Å². The molecule has 0 heterocycles. The summed E-state index contributed by atoms with van der Waals surface area (Å²) in [5, 5.41) is 22.9. The van der Waals surface area contributed by atoms with Gasteiger partial charge >= 0.3 is 12.0 Å². The SMILES string of the molecule is O=C(O)CCCNC(=O)NCCCc1ccc(O)cc1. The fourth-order valence-electron chi connectivity index (χ4n) is 1.66. The summed E-state index contributed by atoms with van der Waals surface area (Å²) in [4.78, 5) is 21.6. The maximum Gasteiger partial charge on any atom is 0.314 e. The second-order valence-corrected chi connectivity index (χ2v) is 4.45. The van der Waals surface area contributed by atoms with Crippen LogP contribution in [0.15, 0.2) is 24.3 Å². The first kappa shape index (κ1) is 15.8. The van der Waals surface area contributed by atoms with E-state index in [-0.39, 0.29) is 18.2 Å². The van der Waals surface area contributed by atoms with Gasteiger partial charge in [0.15, 0.2) is 0 Å². The molecule has 6 heteroatoms. The Balaban J connectivity index is 2.04. The van der Waals surface area contributed by atoms with Crippen molar-refractivity contribution in [1.82, 2.24) is 10.6 Å². The van der Waals surface area contributed by atoms with Crippen LogP contribution in [0.1, 0.15) is 24.8 Å². The lowest BCUT2D eigenvalue weighted by Crippen LogP contribution is -2.36. The van der Waals surface area contributed by atoms with E-state index in [1.165, 1.54) is 0 Å². The van der Waals surface area contributed by atoms with Crippen LogP contribution in [0.3, 0.4) is 0 Å². The number of carboxylic acids is 1. The number of hydrogen-bond acceptors (Lipinski definition) is 3. The van der Waals surface area contributed by atoms with Crippen LogP contribution in [-0.2, 0) is 11.2 Å². The van der Waals surface area contributed by atoms with Gasteiger partial charge < -0.3 is 20.8 Å². The lowest BCUT2D eigenvalue weighted by molar-refractivity contribution is -0.137. The van der Waals surface area contributed by atoms with Crippen molar-refractivity contribution in [3.63, 3.8) is 0 Å². The van der Waals surface area contributed by atoms with Crippen LogP contribution in [0, 0.1) is 0 Å². The van der Waals surface area contributed by atoms with Gasteiger partial charge in [-0.15, -0.1) is 0 Å². The lowest BCUT2D eigenvalue weighted by Gasteiger charge is -2.07. The Morgan fingerprint density at radius 2 is 1.60 bits per heavy atom. The zero-order valence-corrected chi connectivity index (χ0v) is 11.3. The highest BCUT2D eigenvalue weighted by Gasteiger charge is 2.01. The Morgan fingerprint density at radius 1 is 1.00 bits per heavy atom. The number of carboxylic acid groups (broad SMARTS) is 1. The highest BCUT2D eigenvalue weighted by Crippen LogP contribution is 2.10. The highest BCUT2D eigenvalue weighted by atomic mass is 16.4. The second-order valence-electron chi connectivity index (χ2n) is 4.45. The van der Waals surface area contributed by atoms with Crippen molar-refractivity contribution in [1.29, 1.82) is 0 Å². The summed E-state index contributed by atoms with van der Waals surface area (Å²) >= 11 is 0. The van der Waals surface area contributed by atoms with Crippen molar-refractivity contribution in [2.24, 2.45) is 0 Å². The number of aromatic hydroxyl groups is 1. The van der Waals surface area contributed by atoms with E-state index in [2.05, 4.69) is 10.6 Å². The van der Waals surface area contributed by atoms with Gasteiger partial charge in [0.1, 0.15) is 5.75 Å². The third kappa shape index (κ3) is 7.25. The monoisotopic (exact) mass is 280 g/mol. The predicted molar refractivity (Wildman–Crippen MR) is 74.7 cm³/mol. The smallest absolute Gasteiger partial charge is 0.314 e. The molecule has 0 radical (unpaired) electrons. The van der Waals surface area contributed by atoms with Gasteiger partial charge in [-0.25, -0.2) is 4.79 Å². The zero-order chi connectivity index (χ0) is 14.8. The molecule has 6 nitrogen and oxygen atoms in total. The van der Waals surface area contributed by atoms with Crippen molar-refractivity contribution >= 4 is 12.0 Å². The normalized spacial score (nSPS) is 10.0. The van der Waals surface area contributed by atoms with Crippen LogP contribution < -0.4 is 10.6 Å². The summed E-state index contributed by atoms with van der Waals surface area (Å²) < 4.78 is 0. The summed E-state index contributed by atoms with van der Waals surface area (Å²) in [6.45, 7) is 0.904. The maximum atomic E-state index is 11.3. The average molecular weight is 280 g/mol. The highest BCUT2D eigenvalue weighted by molar-refractivity contribution is 5.73. The van der Waals surface area contributed by atoms with Gasteiger partial charge in [0.05, 0.1) is 0 Å². The third-order valence-corrected chi connectivity index (χ3v) is 2.72. The molecule has 0 saturated heterocycles. The first-order valence-corrected chi connectivity index (χ1v) is 6.59. The molecule has 1 aromatic carbocycles. The fourth-order valence-corrected chi connectivity index (χ4v) is 1.66. The van der Waals surface area contributed by atoms with E-state index in [1.54, 1.807) is 12.1 Å². The molecular weight excluding hydrogens is 260 g/mol. The van der Waals surface area contributed by atoms with Gasteiger partial charge in [-0.2, -0.15) is 0 Å². The first-order valence-electron chi connectivity index (χ1n) is 6.59. The average Bonchev–Trinajstić information content (AvgIpc) is 2.41. The number of aryl methyl sites for hydroxylation is 1. The van der Waals surface area contributed by atoms with Crippen LogP contribution in [0.2, 0.25) is 0 Å². The molecule has 2 amide bonds. The number of hydrogen-bond donors (Lipinski definition) is 4. The minimum absolute atomic E-state index is 0.0567. The van der Waals surface area contributed by atoms with Crippen LogP contribution in [0.5, 0.6) is 5.75 Å². The van der Waals surface area contributed by atoms with Gasteiger partial charge in [0.2, 0.25) is 0 Å². The molecule has 0 aliphatic heterocycles. The molecule has 0 unspecified atom stereocenters. The first-order chi connectivity index (χ1) is 9.58. The van der Waals surface area contributed by atoms with Gasteiger partial charge in [-0.3, -0.25) is 4.79 Å². The Kier molecular flexibility index (Phi) is 6.95. The molecule has 0 fully saturated rings. The number of benzene rings is 1. The van der Waals surface area contributed by atoms with Crippen LogP contribution in [0.25, 0.3) is 0 Å². The number of aliphatic carboxylic acids is 1. The quantitative estimate of drug-likeness (QED) is 0.542. The molecule has 0 saturated carbocycles. The minimum atomic E-state index is -0.860. The molecule has 0 aromatic heterocycles. The molecule has 1 rings (SSSR count). The summed E-state index contributed by atoms with van der Waals surface area (Å²) in [6.07, 6.45) is 2.10. The zero-order valence-electron chi connectivity index (χ0n) is 11.3. The van der Waals surface area contributed by atoms with Crippen molar-refractivity contribution < 1.29 is 19.8 Å². The Hall–Kier alpha value is -2.24. The maximum absolute atomic E-state index is 11.3. The minimum Gasteiger partial charge on any atom is -0.508 e. The molecule has 0 aliphatic carbocycles. The number of carbonyl (C=O) groups is 2. The number of amides is 2. The Bertz CT molecular complexity index is 431. The topological polar surface area (TPSA) is 98.7 Å². The number of phenolic OH excluding ortho intramolecular Hbond substituents is 1. The molecule has 20 heavy (non-hydrogen) atoms. The summed E-state index contributed by atoms with van der Waals surface area (Å²) in [5.41, 5.74) is 1.10. The molecule has 4 N–H and O–H groups in total. The Labute approximate surface area is 117 Å². The predicted octanol–water partition coefficient (Wildman–Crippen LogP) is 1.49. The van der Waals surface area contributed by atoms with Gasteiger partial charge in [-0.1, -0.05) is 12.1 Å². The van der Waals surface area contributed by atoms with Crippen molar-refractivity contribution in [2.75, 3.05) is 13.1 Å². The fraction of sp³-hybridized carbons (Fsp3) is 0.429. The number of phenols is 1.